The number of nitrogens with one attached hydrogen (secondary N) is 3. The number of hydrogen-bond donors (Lipinski definition) is 3. The molecule has 296 valence electrons. The number of para-hydroxylation sites is 1. The number of fused-ring (bicyclic) bond motifs is 5. The quantitative estimate of drug-likeness (QED) is 0.0701. The van der Waals surface area contributed by atoms with Gasteiger partial charge in [-0.3, -0.25) is 29.1 Å². The van der Waals surface area contributed by atoms with Gasteiger partial charge in [0, 0.05) is 65.6 Å². The highest BCUT2D eigenvalue weighted by Gasteiger charge is 2.36. The minimum absolute atomic E-state index is 0.0129. The summed E-state index contributed by atoms with van der Waals surface area (Å²) in [6.07, 6.45) is 8.03. The van der Waals surface area contributed by atoms with Crippen LogP contribution in [-0.4, -0.2) is 65.2 Å². The van der Waals surface area contributed by atoms with Crippen LogP contribution in [0, 0.1) is 0 Å². The first kappa shape index (κ1) is 40.0. The summed E-state index contributed by atoms with van der Waals surface area (Å²) < 4.78 is 14.3. The second kappa shape index (κ2) is 17.1. The molecule has 0 spiro atoms. The smallest absolute Gasteiger partial charge is 0.272 e. The lowest BCUT2D eigenvalue weighted by molar-refractivity contribution is -0.117. The third-order valence-electron chi connectivity index (χ3n) is 9.76. The summed E-state index contributed by atoms with van der Waals surface area (Å²) >= 11 is 1.49. The van der Waals surface area contributed by atoms with E-state index in [0.29, 0.717) is 59.1 Å². The van der Waals surface area contributed by atoms with Crippen LogP contribution in [0.5, 0.6) is 11.5 Å². The zero-order valence-electron chi connectivity index (χ0n) is 32.3. The predicted molar refractivity (Wildman–Crippen MR) is 233 cm³/mol. The van der Waals surface area contributed by atoms with Gasteiger partial charge in [-0.05, 0) is 86.4 Å². The van der Waals surface area contributed by atoms with Crippen molar-refractivity contribution in [3.8, 4) is 11.5 Å². The molecule has 0 bridgehead atoms. The molecule has 0 saturated carbocycles. The average molecular weight is 825 g/mol. The van der Waals surface area contributed by atoms with Crippen LogP contribution in [0.25, 0.3) is 10.1 Å². The van der Waals surface area contributed by atoms with Gasteiger partial charge in [0.2, 0.25) is 11.8 Å². The molecule has 15 heteroatoms. The van der Waals surface area contributed by atoms with E-state index in [1.807, 2.05) is 61.0 Å². The van der Waals surface area contributed by atoms with Crippen molar-refractivity contribution in [1.82, 2.24) is 4.57 Å². The van der Waals surface area contributed by atoms with Crippen LogP contribution in [0.3, 0.4) is 0 Å². The normalized spacial score (nSPS) is 14.4. The zero-order valence-corrected chi connectivity index (χ0v) is 34.8. The Balaban J connectivity index is 0.899. The molecule has 4 heterocycles. The number of ether oxygens (including phenoxy) is 2. The molecular weight excluding hydrogens is 781 g/mol. The first-order valence-electron chi connectivity index (χ1n) is 18.5. The molecule has 1 atom stereocenters. The molecule has 0 radical (unpaired) electrons. The third kappa shape index (κ3) is 9.16. The maximum absolute atomic E-state index is 13.7. The molecule has 0 aliphatic carbocycles. The Labute approximate surface area is 343 Å². The molecule has 3 aromatic carbocycles. The van der Waals surface area contributed by atoms with Crippen LogP contribution in [0.4, 0.5) is 27.8 Å². The van der Waals surface area contributed by atoms with Crippen molar-refractivity contribution in [2.45, 2.75) is 56.7 Å². The number of aromatic nitrogens is 1. The van der Waals surface area contributed by atoms with Crippen LogP contribution in [0.15, 0.2) is 77.9 Å². The van der Waals surface area contributed by atoms with Crippen molar-refractivity contribution in [2.24, 2.45) is 12.0 Å². The van der Waals surface area contributed by atoms with E-state index >= 15 is 0 Å². The Morgan fingerprint density at radius 1 is 0.965 bits per heavy atom. The fourth-order valence-electron chi connectivity index (χ4n) is 6.95. The monoisotopic (exact) mass is 824 g/mol. The molecule has 12 nitrogen and oxygen atoms in total. The predicted octanol–water partition coefficient (Wildman–Crippen LogP) is 9.09. The van der Waals surface area contributed by atoms with Crippen LogP contribution in [-0.2, 0) is 23.1 Å². The molecule has 0 saturated heterocycles. The van der Waals surface area contributed by atoms with Gasteiger partial charge in [-0.25, -0.2) is 0 Å². The third-order valence-corrected chi connectivity index (χ3v) is 13.5. The largest absolute Gasteiger partial charge is 0.493 e. The summed E-state index contributed by atoms with van der Waals surface area (Å²) in [5.74, 6) is 0.121. The molecule has 5 aromatic rings. The summed E-state index contributed by atoms with van der Waals surface area (Å²) in [5.41, 5.74) is 4.41. The molecule has 0 fully saturated rings. The van der Waals surface area contributed by atoms with E-state index in [4.69, 9.17) is 9.47 Å². The molecular formula is C42H44N6O6S3. The molecule has 2 aromatic heterocycles. The molecule has 7 rings (SSSR count). The number of methoxy groups -OCH3 is 1. The maximum atomic E-state index is 13.7. The van der Waals surface area contributed by atoms with Gasteiger partial charge in [-0.15, -0.1) is 11.3 Å². The number of aryl methyl sites for hydroxylation is 1. The second-order valence-corrected chi connectivity index (χ2v) is 18.7. The lowest BCUT2D eigenvalue weighted by atomic mass is 10.1. The van der Waals surface area contributed by atoms with Gasteiger partial charge in [0.15, 0.2) is 11.5 Å². The van der Waals surface area contributed by atoms with E-state index in [0.717, 1.165) is 32.8 Å². The Morgan fingerprint density at radius 2 is 1.77 bits per heavy atom. The molecule has 57 heavy (non-hydrogen) atoms. The Morgan fingerprint density at radius 3 is 2.58 bits per heavy atom. The molecule has 4 amide bonds. The number of benzene rings is 3. The zero-order chi connectivity index (χ0) is 40.3. The fourth-order valence-corrected chi connectivity index (χ4v) is 10.1. The molecule has 3 N–H and O–H groups in total. The Bertz CT molecular complexity index is 2390. The highest BCUT2D eigenvalue weighted by Crippen LogP contribution is 2.41. The number of hydrogen-bond acceptors (Lipinski definition) is 10. The summed E-state index contributed by atoms with van der Waals surface area (Å²) in [6, 6.07) is 20.3. The topological polar surface area (TPSA) is 143 Å². The lowest BCUT2D eigenvalue weighted by Crippen LogP contribution is -2.37. The van der Waals surface area contributed by atoms with Gasteiger partial charge >= 0.3 is 0 Å². The highest BCUT2D eigenvalue weighted by atomic mass is 33.1. The number of thiophene rings is 1. The number of aliphatic imine (C=N–C) groups is 1. The van der Waals surface area contributed by atoms with Crippen LogP contribution < -0.4 is 30.3 Å². The van der Waals surface area contributed by atoms with Gasteiger partial charge in [0.25, 0.3) is 11.8 Å². The van der Waals surface area contributed by atoms with Gasteiger partial charge in [-0.1, -0.05) is 39.8 Å². The average Bonchev–Trinajstić information content (AvgIpc) is 3.85. The van der Waals surface area contributed by atoms with E-state index < -0.39 is 0 Å². The summed E-state index contributed by atoms with van der Waals surface area (Å²) in [6.45, 7) is 4.51. The van der Waals surface area contributed by atoms with Gasteiger partial charge in [0.1, 0.15) is 5.69 Å². The van der Waals surface area contributed by atoms with E-state index in [1.54, 1.807) is 62.5 Å². The fraction of sp³-hybridized carbons (Fsp3) is 0.310. The minimum Gasteiger partial charge on any atom is -0.493 e. The van der Waals surface area contributed by atoms with Crippen LogP contribution in [0.1, 0.15) is 65.9 Å². The highest BCUT2D eigenvalue weighted by molar-refractivity contribution is 8.76. The first-order chi connectivity index (χ1) is 27.4. The van der Waals surface area contributed by atoms with Crippen molar-refractivity contribution in [3.63, 3.8) is 0 Å². The van der Waals surface area contributed by atoms with E-state index in [2.05, 4.69) is 34.8 Å². The summed E-state index contributed by atoms with van der Waals surface area (Å²) in [5, 5.41) is 10.5. The van der Waals surface area contributed by atoms with Gasteiger partial charge < -0.3 is 30.0 Å². The number of anilines is 4. The standard InChI is InChI=1S/C42H44N6O6S3/c1-42(2,57-55-5)15-14-38(50)46-39-19-26-17-27(12-13-36(26)56-39)45-40(51)33-20-28(24-47(33)3)44-37(49)11-8-16-54-35-22-31-30(21-34(35)53-4)41(52)48-29(23-43-31)18-25-9-6-7-10-32(25)48/h6-7,9-10,12-13,17,19-24,29H,8,11,14-16,18H2,1-5H3,(H,44,49)(H,45,51)(H,46,50)/t29-/m0/s1. The number of carbonyl (C=O) groups is 4. The van der Waals surface area contributed by atoms with Crippen LogP contribution >= 0.6 is 32.9 Å². The minimum atomic E-state index is -0.328. The number of amides is 4. The second-order valence-electron chi connectivity index (χ2n) is 14.5. The molecule has 2 aliphatic heterocycles. The van der Waals surface area contributed by atoms with Crippen molar-refractivity contribution < 1.29 is 28.7 Å². The number of carbonyl (C=O) groups excluding carboxylic acids is 4. The lowest BCUT2D eigenvalue weighted by Gasteiger charge is -2.22. The number of nitrogens with zero attached hydrogens (tertiary/aromatic N) is 3. The van der Waals surface area contributed by atoms with E-state index in [9.17, 15) is 19.2 Å². The van der Waals surface area contributed by atoms with Crippen LogP contribution in [0.2, 0.25) is 0 Å². The molecule has 0 unspecified atom stereocenters. The SMILES string of the molecule is COc1cc2c(cc1OCCCC(=O)Nc1cc(C(=O)Nc3ccc4sc(NC(=O)CCC(C)(C)SSC)cc4c3)n(C)c1)N=C[C@@H]1Cc3ccccc3N1C2=O. The Kier molecular flexibility index (Phi) is 12.0. The van der Waals surface area contributed by atoms with Crippen molar-refractivity contribution in [1.29, 1.82) is 0 Å². The first-order valence-corrected chi connectivity index (χ1v) is 21.9. The maximum Gasteiger partial charge on any atom is 0.272 e. The summed E-state index contributed by atoms with van der Waals surface area (Å²) in [7, 11) is 6.73. The van der Waals surface area contributed by atoms with E-state index in [-0.39, 0.29) is 47.4 Å². The van der Waals surface area contributed by atoms with Crippen molar-refractivity contribution in [3.05, 3.63) is 89.7 Å². The number of rotatable bonds is 15. The summed E-state index contributed by atoms with van der Waals surface area (Å²) in [4.78, 5) is 58.9. The molecule has 2 aliphatic rings. The van der Waals surface area contributed by atoms with Crippen molar-refractivity contribution in [2.75, 3.05) is 40.8 Å². The van der Waals surface area contributed by atoms with Gasteiger partial charge in [0.05, 0.1) is 41.7 Å². The van der Waals surface area contributed by atoms with E-state index in [1.165, 1.54) is 18.4 Å². The van der Waals surface area contributed by atoms with Crippen molar-refractivity contribution >= 4 is 101 Å². The Hall–Kier alpha value is -5.25. The van der Waals surface area contributed by atoms with Gasteiger partial charge in [-0.2, -0.15) is 0 Å².